The van der Waals surface area contributed by atoms with Crippen molar-refractivity contribution in [1.29, 1.82) is 0 Å². The first-order valence-electron chi connectivity index (χ1n) is 6.45. The Bertz CT molecular complexity index is 591. The molecule has 0 aliphatic carbocycles. The number of furan rings is 1. The largest absolute Gasteiger partial charge is 0.491 e. The third-order valence-electron chi connectivity index (χ3n) is 2.83. The Kier molecular flexibility index (Phi) is 4.30. The van der Waals surface area contributed by atoms with E-state index < -0.39 is 5.97 Å². The van der Waals surface area contributed by atoms with Gasteiger partial charge in [-0.05, 0) is 31.5 Å². The molecule has 0 saturated heterocycles. The van der Waals surface area contributed by atoms with E-state index in [0.717, 1.165) is 17.9 Å². The molecule has 1 atom stereocenters. The monoisotopic (exact) mass is 275 g/mol. The van der Waals surface area contributed by atoms with Crippen molar-refractivity contribution >= 4 is 17.5 Å². The second-order valence-electron chi connectivity index (χ2n) is 4.46. The van der Waals surface area contributed by atoms with Crippen molar-refractivity contribution < 1.29 is 19.1 Å². The lowest BCUT2D eigenvalue weighted by atomic mass is 10.2. The standard InChI is InChI=1S/C15H17NO4/c1-3-10(2)19-12-6-4-5-11(9-12)16-14-8-7-13(20-14)15(17)18/h4-10,16H,3H2,1-2H3,(H,17,18). The van der Waals surface area contributed by atoms with E-state index in [-0.39, 0.29) is 11.9 Å². The maximum Gasteiger partial charge on any atom is 0.371 e. The summed E-state index contributed by atoms with van der Waals surface area (Å²) in [7, 11) is 0. The fourth-order valence-corrected chi connectivity index (χ4v) is 1.63. The highest BCUT2D eigenvalue weighted by molar-refractivity contribution is 5.85. The summed E-state index contributed by atoms with van der Waals surface area (Å²) in [4.78, 5) is 10.7. The lowest BCUT2D eigenvalue weighted by Gasteiger charge is -2.13. The second kappa shape index (κ2) is 6.14. The van der Waals surface area contributed by atoms with Crippen LogP contribution in [0, 0.1) is 0 Å². The fraction of sp³-hybridized carbons (Fsp3) is 0.267. The molecule has 5 heteroatoms. The summed E-state index contributed by atoms with van der Waals surface area (Å²) in [5, 5.41) is 11.8. The summed E-state index contributed by atoms with van der Waals surface area (Å²) < 4.78 is 10.9. The number of aromatic carboxylic acids is 1. The van der Waals surface area contributed by atoms with Crippen LogP contribution in [0.5, 0.6) is 5.75 Å². The first-order chi connectivity index (χ1) is 9.58. The van der Waals surface area contributed by atoms with Gasteiger partial charge in [0, 0.05) is 17.8 Å². The highest BCUT2D eigenvalue weighted by Gasteiger charge is 2.09. The number of hydrogen-bond donors (Lipinski definition) is 2. The molecule has 0 radical (unpaired) electrons. The number of carboxylic acid groups (broad SMARTS) is 1. The van der Waals surface area contributed by atoms with Crippen molar-refractivity contribution in [1.82, 2.24) is 0 Å². The molecule has 0 bridgehead atoms. The quantitative estimate of drug-likeness (QED) is 0.836. The van der Waals surface area contributed by atoms with Crippen LogP contribution in [0.25, 0.3) is 0 Å². The molecule has 0 aliphatic rings. The number of ether oxygens (including phenoxy) is 1. The van der Waals surface area contributed by atoms with Gasteiger partial charge in [0.05, 0.1) is 6.10 Å². The Morgan fingerprint density at radius 3 is 2.85 bits per heavy atom. The van der Waals surface area contributed by atoms with Crippen molar-refractivity contribution in [2.24, 2.45) is 0 Å². The molecule has 5 nitrogen and oxygen atoms in total. The molecule has 106 valence electrons. The Morgan fingerprint density at radius 2 is 2.20 bits per heavy atom. The highest BCUT2D eigenvalue weighted by Crippen LogP contribution is 2.24. The molecule has 1 aromatic carbocycles. The van der Waals surface area contributed by atoms with Gasteiger partial charge in [0.25, 0.3) is 0 Å². The Morgan fingerprint density at radius 1 is 1.40 bits per heavy atom. The molecule has 2 N–H and O–H groups in total. The van der Waals surface area contributed by atoms with E-state index in [1.165, 1.54) is 6.07 Å². The van der Waals surface area contributed by atoms with Gasteiger partial charge in [0.2, 0.25) is 5.76 Å². The summed E-state index contributed by atoms with van der Waals surface area (Å²) in [6.07, 6.45) is 1.07. The molecule has 0 spiro atoms. The van der Waals surface area contributed by atoms with E-state index in [9.17, 15) is 4.79 Å². The van der Waals surface area contributed by atoms with Crippen LogP contribution in [0.3, 0.4) is 0 Å². The molecule has 0 amide bonds. The molecular weight excluding hydrogens is 258 g/mol. The zero-order valence-corrected chi connectivity index (χ0v) is 11.4. The number of anilines is 2. The number of carbonyl (C=O) groups is 1. The first kappa shape index (κ1) is 14.0. The average molecular weight is 275 g/mol. The number of carboxylic acids is 1. The fourth-order valence-electron chi connectivity index (χ4n) is 1.63. The second-order valence-corrected chi connectivity index (χ2v) is 4.46. The van der Waals surface area contributed by atoms with Crippen LogP contribution in [0.15, 0.2) is 40.8 Å². The van der Waals surface area contributed by atoms with Gasteiger partial charge in [-0.2, -0.15) is 0 Å². The lowest BCUT2D eigenvalue weighted by Crippen LogP contribution is -2.09. The third kappa shape index (κ3) is 3.54. The zero-order chi connectivity index (χ0) is 14.5. The van der Waals surface area contributed by atoms with E-state index in [2.05, 4.69) is 12.2 Å². The Balaban J connectivity index is 2.08. The van der Waals surface area contributed by atoms with E-state index in [0.29, 0.717) is 5.88 Å². The molecule has 2 aromatic rings. The summed E-state index contributed by atoms with van der Waals surface area (Å²) in [6.45, 7) is 4.06. The van der Waals surface area contributed by atoms with Crippen molar-refractivity contribution in [3.63, 3.8) is 0 Å². The van der Waals surface area contributed by atoms with Crippen LogP contribution in [0.1, 0.15) is 30.8 Å². The smallest absolute Gasteiger partial charge is 0.371 e. The molecule has 0 aliphatic heterocycles. The molecule has 0 saturated carbocycles. The normalized spacial score (nSPS) is 11.9. The summed E-state index contributed by atoms with van der Waals surface area (Å²) in [6, 6.07) is 10.4. The highest BCUT2D eigenvalue weighted by atomic mass is 16.5. The molecule has 1 aromatic heterocycles. The lowest BCUT2D eigenvalue weighted by molar-refractivity contribution is 0.0663. The van der Waals surface area contributed by atoms with E-state index in [1.807, 2.05) is 31.2 Å². The number of benzene rings is 1. The van der Waals surface area contributed by atoms with Gasteiger partial charge in [-0.25, -0.2) is 4.79 Å². The number of rotatable bonds is 6. The minimum Gasteiger partial charge on any atom is -0.491 e. The minimum absolute atomic E-state index is 0.0977. The van der Waals surface area contributed by atoms with E-state index in [4.69, 9.17) is 14.3 Å². The predicted molar refractivity (Wildman–Crippen MR) is 75.8 cm³/mol. The van der Waals surface area contributed by atoms with Gasteiger partial charge < -0.3 is 19.6 Å². The summed E-state index contributed by atoms with van der Waals surface area (Å²) in [5.41, 5.74) is 0.775. The molecule has 1 heterocycles. The number of nitrogens with one attached hydrogen (secondary N) is 1. The zero-order valence-electron chi connectivity index (χ0n) is 11.4. The molecule has 1 unspecified atom stereocenters. The van der Waals surface area contributed by atoms with Crippen LogP contribution in [-0.2, 0) is 0 Å². The average Bonchev–Trinajstić information content (AvgIpc) is 2.87. The molecule has 2 rings (SSSR count). The minimum atomic E-state index is -1.09. The van der Waals surface area contributed by atoms with Gasteiger partial charge in [-0.3, -0.25) is 0 Å². The van der Waals surface area contributed by atoms with Gasteiger partial charge in [0.1, 0.15) is 5.75 Å². The van der Waals surface area contributed by atoms with Crippen molar-refractivity contribution in [2.45, 2.75) is 26.4 Å². The van der Waals surface area contributed by atoms with Gasteiger partial charge in [-0.15, -0.1) is 0 Å². The van der Waals surface area contributed by atoms with Crippen molar-refractivity contribution in [3.05, 3.63) is 42.2 Å². The SMILES string of the molecule is CCC(C)Oc1cccc(Nc2ccc(C(=O)O)o2)c1. The summed E-state index contributed by atoms with van der Waals surface area (Å²) in [5.74, 6) is -0.0520. The van der Waals surface area contributed by atoms with Gasteiger partial charge >= 0.3 is 5.97 Å². The van der Waals surface area contributed by atoms with Crippen LogP contribution < -0.4 is 10.1 Å². The number of hydrogen-bond acceptors (Lipinski definition) is 4. The first-order valence-corrected chi connectivity index (χ1v) is 6.45. The molecular formula is C15H17NO4. The molecule has 0 fully saturated rings. The topological polar surface area (TPSA) is 71.7 Å². The van der Waals surface area contributed by atoms with E-state index >= 15 is 0 Å². The predicted octanol–water partition coefficient (Wildman–Crippen LogP) is 3.90. The van der Waals surface area contributed by atoms with Crippen LogP contribution in [-0.4, -0.2) is 17.2 Å². The van der Waals surface area contributed by atoms with Crippen LogP contribution in [0.2, 0.25) is 0 Å². The maximum atomic E-state index is 10.7. The summed E-state index contributed by atoms with van der Waals surface area (Å²) >= 11 is 0. The maximum absolute atomic E-state index is 10.7. The third-order valence-corrected chi connectivity index (χ3v) is 2.83. The van der Waals surface area contributed by atoms with Crippen LogP contribution in [0.4, 0.5) is 11.6 Å². The Labute approximate surface area is 117 Å². The van der Waals surface area contributed by atoms with Crippen molar-refractivity contribution in [3.8, 4) is 5.75 Å². The van der Waals surface area contributed by atoms with Crippen molar-refractivity contribution in [2.75, 3.05) is 5.32 Å². The van der Waals surface area contributed by atoms with Crippen LogP contribution >= 0.6 is 0 Å². The van der Waals surface area contributed by atoms with Gasteiger partial charge in [-0.1, -0.05) is 13.0 Å². The Hall–Kier alpha value is -2.43. The molecule has 20 heavy (non-hydrogen) atoms. The van der Waals surface area contributed by atoms with Gasteiger partial charge in [0.15, 0.2) is 5.88 Å². The van der Waals surface area contributed by atoms with E-state index in [1.54, 1.807) is 6.07 Å².